The van der Waals surface area contributed by atoms with Crippen molar-refractivity contribution in [3.05, 3.63) is 84.6 Å². The molecule has 3 aromatic carbocycles. The molecule has 0 atom stereocenters. The molecule has 5 heteroatoms. The van der Waals surface area contributed by atoms with E-state index in [-0.39, 0.29) is 0 Å². The third-order valence-corrected chi connectivity index (χ3v) is 5.94. The first-order chi connectivity index (χ1) is 14.3. The van der Waals surface area contributed by atoms with E-state index >= 15 is 0 Å². The van der Waals surface area contributed by atoms with E-state index in [0.29, 0.717) is 12.4 Å². The third kappa shape index (κ3) is 3.42. The molecule has 138 valence electrons. The zero-order valence-electron chi connectivity index (χ0n) is 15.5. The van der Waals surface area contributed by atoms with Gasteiger partial charge in [-0.3, -0.25) is 0 Å². The molecule has 0 saturated heterocycles. The highest BCUT2D eigenvalue weighted by Gasteiger charge is 2.12. The van der Waals surface area contributed by atoms with Crippen LogP contribution < -0.4 is 5.32 Å². The summed E-state index contributed by atoms with van der Waals surface area (Å²) < 4.78 is 1.24. The number of nitrogens with one attached hydrogen (secondary N) is 1. The van der Waals surface area contributed by atoms with Gasteiger partial charge in [0.15, 0.2) is 0 Å². The number of nitriles is 1. The Morgan fingerprint density at radius 1 is 0.931 bits per heavy atom. The van der Waals surface area contributed by atoms with Crippen LogP contribution >= 0.6 is 11.3 Å². The maximum Gasteiger partial charge on any atom is 0.227 e. The van der Waals surface area contributed by atoms with Crippen LogP contribution in [-0.2, 0) is 6.42 Å². The number of anilines is 2. The van der Waals surface area contributed by atoms with Gasteiger partial charge in [-0.05, 0) is 41.3 Å². The highest BCUT2D eigenvalue weighted by atomic mass is 32.1. The molecule has 5 rings (SSSR count). The molecule has 0 spiro atoms. The summed E-state index contributed by atoms with van der Waals surface area (Å²) in [7, 11) is 0. The molecule has 0 aliphatic heterocycles. The van der Waals surface area contributed by atoms with Gasteiger partial charge in [0.2, 0.25) is 5.95 Å². The van der Waals surface area contributed by atoms with Crippen molar-refractivity contribution in [3.8, 4) is 16.5 Å². The lowest BCUT2D eigenvalue weighted by Gasteiger charge is -2.12. The molecule has 0 bridgehead atoms. The number of aromatic nitrogens is 2. The van der Waals surface area contributed by atoms with Gasteiger partial charge in [0.05, 0.1) is 18.0 Å². The first kappa shape index (κ1) is 17.4. The fourth-order valence-electron chi connectivity index (χ4n) is 3.37. The van der Waals surface area contributed by atoms with Crippen molar-refractivity contribution >= 4 is 44.0 Å². The summed E-state index contributed by atoms with van der Waals surface area (Å²) in [5, 5.41) is 14.7. The van der Waals surface area contributed by atoms with E-state index in [4.69, 9.17) is 5.26 Å². The molecule has 0 aliphatic carbocycles. The van der Waals surface area contributed by atoms with Crippen molar-refractivity contribution in [2.24, 2.45) is 0 Å². The molecule has 4 nitrogen and oxygen atoms in total. The Morgan fingerprint density at radius 3 is 2.62 bits per heavy atom. The summed E-state index contributed by atoms with van der Waals surface area (Å²) in [5.74, 6) is 0.555. The van der Waals surface area contributed by atoms with Gasteiger partial charge in [0, 0.05) is 32.4 Å². The molecule has 0 fully saturated rings. The van der Waals surface area contributed by atoms with Crippen LogP contribution in [0.15, 0.2) is 79.0 Å². The number of hydrogen-bond acceptors (Lipinski definition) is 5. The fraction of sp³-hybridized carbons (Fsp3) is 0.0417. The molecule has 0 radical (unpaired) electrons. The summed E-state index contributed by atoms with van der Waals surface area (Å²) in [6.07, 6.45) is 2.21. The van der Waals surface area contributed by atoms with Crippen molar-refractivity contribution in [2.75, 3.05) is 5.32 Å². The maximum atomic E-state index is 9.12. The van der Waals surface area contributed by atoms with E-state index < -0.39 is 0 Å². The van der Waals surface area contributed by atoms with E-state index in [1.807, 2.05) is 48.7 Å². The second kappa shape index (κ2) is 7.34. The van der Waals surface area contributed by atoms with Gasteiger partial charge >= 0.3 is 0 Å². The minimum absolute atomic E-state index is 0.380. The molecular formula is C24H16N4S. The highest BCUT2D eigenvalue weighted by Crippen LogP contribution is 2.38. The van der Waals surface area contributed by atoms with Gasteiger partial charge in [-0.1, -0.05) is 42.5 Å². The zero-order valence-corrected chi connectivity index (χ0v) is 16.3. The van der Waals surface area contributed by atoms with E-state index in [1.54, 1.807) is 11.3 Å². The standard InChI is InChI=1S/C24H16N4S/c25-12-11-16-9-10-21(28-24-26-15-18-6-1-3-7-20(18)27-24)19(13-16)23-14-17-5-2-4-8-22(17)29-23/h1-10,13-15H,11H2,(H,26,27,28). The number of para-hydroxylation sites is 1. The molecule has 2 heterocycles. The number of hydrogen-bond donors (Lipinski definition) is 1. The Morgan fingerprint density at radius 2 is 1.76 bits per heavy atom. The average molecular weight is 392 g/mol. The smallest absolute Gasteiger partial charge is 0.227 e. The van der Waals surface area contributed by atoms with Crippen LogP contribution in [0.2, 0.25) is 0 Å². The van der Waals surface area contributed by atoms with Gasteiger partial charge in [-0.25, -0.2) is 9.97 Å². The lowest BCUT2D eigenvalue weighted by atomic mass is 10.0. The second-order valence-electron chi connectivity index (χ2n) is 6.74. The molecule has 0 aliphatic rings. The third-order valence-electron chi connectivity index (χ3n) is 4.79. The van der Waals surface area contributed by atoms with E-state index in [1.165, 1.54) is 10.1 Å². The van der Waals surface area contributed by atoms with Gasteiger partial charge in [-0.15, -0.1) is 11.3 Å². The molecule has 0 amide bonds. The van der Waals surface area contributed by atoms with Gasteiger partial charge in [0.25, 0.3) is 0 Å². The van der Waals surface area contributed by atoms with Gasteiger partial charge in [-0.2, -0.15) is 5.26 Å². The summed E-state index contributed by atoms with van der Waals surface area (Å²) >= 11 is 1.74. The average Bonchev–Trinajstić information content (AvgIpc) is 3.19. The molecule has 29 heavy (non-hydrogen) atoms. The number of fused-ring (bicyclic) bond motifs is 2. The Balaban J connectivity index is 1.60. The van der Waals surface area contributed by atoms with Crippen molar-refractivity contribution < 1.29 is 0 Å². The predicted octanol–water partition coefficient (Wildman–Crippen LogP) is 6.32. The van der Waals surface area contributed by atoms with Crippen molar-refractivity contribution in [1.29, 1.82) is 5.26 Å². The number of benzene rings is 3. The van der Waals surface area contributed by atoms with Crippen LogP contribution in [0.4, 0.5) is 11.6 Å². The van der Waals surface area contributed by atoms with Crippen LogP contribution in [-0.4, -0.2) is 9.97 Å². The van der Waals surface area contributed by atoms with E-state index in [2.05, 4.69) is 51.7 Å². The van der Waals surface area contributed by atoms with E-state index in [0.717, 1.165) is 32.6 Å². The molecule has 2 aromatic heterocycles. The lowest BCUT2D eigenvalue weighted by Crippen LogP contribution is -1.99. The first-order valence-electron chi connectivity index (χ1n) is 9.28. The van der Waals surface area contributed by atoms with Crippen LogP contribution in [0.5, 0.6) is 0 Å². The maximum absolute atomic E-state index is 9.12. The molecule has 0 unspecified atom stereocenters. The monoisotopic (exact) mass is 392 g/mol. The predicted molar refractivity (Wildman–Crippen MR) is 119 cm³/mol. The Labute approximate surface area is 172 Å². The van der Waals surface area contributed by atoms with Crippen LogP contribution in [0.25, 0.3) is 31.4 Å². The van der Waals surface area contributed by atoms with Crippen LogP contribution in [0, 0.1) is 11.3 Å². The minimum Gasteiger partial charge on any atom is -0.324 e. The van der Waals surface area contributed by atoms with Gasteiger partial charge in [0.1, 0.15) is 0 Å². The van der Waals surface area contributed by atoms with Crippen LogP contribution in [0.1, 0.15) is 5.56 Å². The minimum atomic E-state index is 0.380. The Bertz CT molecular complexity index is 1350. The number of rotatable bonds is 4. The summed E-state index contributed by atoms with van der Waals surface area (Å²) in [5.41, 5.74) is 3.86. The Hall–Kier alpha value is -3.75. The zero-order chi connectivity index (χ0) is 19.6. The SMILES string of the molecule is N#CCc1ccc(Nc2ncc3ccccc3n2)c(-c2cc3ccccc3s2)c1. The largest absolute Gasteiger partial charge is 0.324 e. The number of nitrogens with zero attached hydrogens (tertiary/aromatic N) is 3. The van der Waals surface area contributed by atoms with Crippen molar-refractivity contribution in [2.45, 2.75) is 6.42 Å². The lowest BCUT2D eigenvalue weighted by molar-refractivity contribution is 1.21. The van der Waals surface area contributed by atoms with Crippen molar-refractivity contribution in [3.63, 3.8) is 0 Å². The Kier molecular flexibility index (Phi) is 4.39. The fourth-order valence-corrected chi connectivity index (χ4v) is 4.47. The normalized spacial score (nSPS) is 10.9. The highest BCUT2D eigenvalue weighted by molar-refractivity contribution is 7.22. The molecule has 5 aromatic rings. The molecule has 0 saturated carbocycles. The first-order valence-corrected chi connectivity index (χ1v) is 10.1. The van der Waals surface area contributed by atoms with Gasteiger partial charge < -0.3 is 5.32 Å². The summed E-state index contributed by atoms with van der Waals surface area (Å²) in [6, 6.07) is 26.8. The number of thiophene rings is 1. The van der Waals surface area contributed by atoms with E-state index in [9.17, 15) is 0 Å². The summed E-state index contributed by atoms with van der Waals surface area (Å²) in [6.45, 7) is 0. The second-order valence-corrected chi connectivity index (χ2v) is 7.82. The molecule has 1 N–H and O–H groups in total. The van der Waals surface area contributed by atoms with Crippen molar-refractivity contribution in [1.82, 2.24) is 9.97 Å². The summed E-state index contributed by atoms with van der Waals surface area (Å²) in [4.78, 5) is 10.3. The molecular weight excluding hydrogens is 376 g/mol. The topological polar surface area (TPSA) is 61.6 Å². The van der Waals surface area contributed by atoms with Crippen LogP contribution in [0.3, 0.4) is 0 Å². The quantitative estimate of drug-likeness (QED) is 0.389.